The van der Waals surface area contributed by atoms with Gasteiger partial charge in [0.05, 0.1) is 16.4 Å². The third-order valence-corrected chi connectivity index (χ3v) is 4.43. The molecule has 0 radical (unpaired) electrons. The van der Waals surface area contributed by atoms with Crippen molar-refractivity contribution in [1.82, 2.24) is 20.4 Å². The number of rotatable bonds is 6. The van der Waals surface area contributed by atoms with Gasteiger partial charge < -0.3 is 8.83 Å². The van der Waals surface area contributed by atoms with Crippen LogP contribution in [-0.2, 0) is 11.5 Å². The lowest BCUT2D eigenvalue weighted by molar-refractivity contribution is 0.426. The van der Waals surface area contributed by atoms with E-state index in [-0.39, 0.29) is 0 Å². The number of aromatic nitrogens is 4. The Morgan fingerprint density at radius 1 is 1.10 bits per heavy atom. The maximum absolute atomic E-state index is 5.58. The maximum atomic E-state index is 5.58. The molecule has 0 aliphatic carbocycles. The molecule has 0 aromatic carbocycles. The molecule has 0 amide bonds. The molecule has 3 aromatic rings. The molecule has 0 fully saturated rings. The molecule has 0 bridgehead atoms. The smallest absolute Gasteiger partial charge is 0.277 e. The number of nitrogens with zero attached hydrogens (tertiary/aromatic N) is 4. The van der Waals surface area contributed by atoms with Crippen molar-refractivity contribution in [3.63, 3.8) is 0 Å². The van der Waals surface area contributed by atoms with Crippen molar-refractivity contribution < 1.29 is 8.83 Å². The lowest BCUT2D eigenvalue weighted by atomic mass is 10.5. The maximum Gasteiger partial charge on any atom is 0.277 e. The van der Waals surface area contributed by atoms with Crippen LogP contribution in [0.5, 0.6) is 0 Å². The second-order valence-corrected chi connectivity index (χ2v) is 6.40. The molecule has 3 heterocycles. The number of hydrogen-bond acceptors (Lipinski definition) is 9. The van der Waals surface area contributed by atoms with Crippen LogP contribution < -0.4 is 0 Å². The van der Waals surface area contributed by atoms with E-state index in [0.29, 0.717) is 28.6 Å². The van der Waals surface area contributed by atoms with E-state index < -0.39 is 0 Å². The third kappa shape index (κ3) is 3.22. The van der Waals surface area contributed by atoms with Gasteiger partial charge in [-0.2, -0.15) is 11.8 Å². The van der Waals surface area contributed by atoms with E-state index in [4.69, 9.17) is 8.83 Å². The fraction of sp³-hybridized carbons (Fsp3) is 0.273. The first-order valence-corrected chi connectivity index (χ1v) is 8.91. The van der Waals surface area contributed by atoms with Crippen LogP contribution in [0.1, 0.15) is 11.8 Å². The zero-order valence-corrected chi connectivity index (χ0v) is 12.9. The molecule has 3 rings (SSSR count). The summed E-state index contributed by atoms with van der Waals surface area (Å²) in [5.41, 5.74) is 0. The van der Waals surface area contributed by atoms with Crippen molar-refractivity contribution in [3.05, 3.63) is 29.3 Å². The summed E-state index contributed by atoms with van der Waals surface area (Å²) in [6.07, 6.45) is 1.99. The van der Waals surface area contributed by atoms with Gasteiger partial charge in [0.25, 0.3) is 11.1 Å². The van der Waals surface area contributed by atoms with Gasteiger partial charge in [-0.25, -0.2) is 0 Å². The van der Waals surface area contributed by atoms with E-state index in [0.717, 1.165) is 10.6 Å². The summed E-state index contributed by atoms with van der Waals surface area (Å²) in [5, 5.41) is 18.4. The first kappa shape index (κ1) is 13.7. The topological polar surface area (TPSA) is 77.8 Å². The minimum atomic E-state index is 0.513. The Labute approximate surface area is 127 Å². The SMILES string of the molecule is CSCc1nnc(SCc2nnc(-c3cccs3)o2)o1. The summed E-state index contributed by atoms with van der Waals surface area (Å²) in [6.45, 7) is 0. The van der Waals surface area contributed by atoms with Gasteiger partial charge in [0.15, 0.2) is 0 Å². The second-order valence-electron chi connectivity index (χ2n) is 3.66. The number of thiophene rings is 1. The quantitative estimate of drug-likeness (QED) is 0.638. The predicted octanol–water partition coefficient (Wildman–Crippen LogP) is 3.34. The summed E-state index contributed by atoms with van der Waals surface area (Å²) in [6, 6.07) is 3.89. The largest absolute Gasteiger partial charge is 0.419 e. The lowest BCUT2D eigenvalue weighted by Gasteiger charge is -1.90. The predicted molar refractivity (Wildman–Crippen MR) is 78.7 cm³/mol. The molecule has 0 saturated carbocycles. The van der Waals surface area contributed by atoms with E-state index in [9.17, 15) is 0 Å². The van der Waals surface area contributed by atoms with Crippen LogP contribution in [0.15, 0.2) is 31.6 Å². The monoisotopic (exact) mass is 326 g/mol. The molecule has 3 aromatic heterocycles. The number of hydrogen-bond donors (Lipinski definition) is 0. The van der Waals surface area contributed by atoms with Crippen LogP contribution in [-0.4, -0.2) is 26.7 Å². The van der Waals surface area contributed by atoms with Crippen LogP contribution in [0.3, 0.4) is 0 Å². The third-order valence-electron chi connectivity index (χ3n) is 2.23. The van der Waals surface area contributed by atoms with Crippen molar-refractivity contribution in [2.24, 2.45) is 0 Å². The summed E-state index contributed by atoms with van der Waals surface area (Å²) in [7, 11) is 0. The van der Waals surface area contributed by atoms with Crippen LogP contribution in [0, 0.1) is 0 Å². The molecule has 0 aliphatic rings. The van der Waals surface area contributed by atoms with Gasteiger partial charge >= 0.3 is 0 Å². The fourth-order valence-corrected chi connectivity index (χ4v) is 3.04. The van der Waals surface area contributed by atoms with Gasteiger partial charge in [0.2, 0.25) is 11.8 Å². The Balaban J connectivity index is 1.60. The minimum absolute atomic E-state index is 0.513. The molecule has 0 spiro atoms. The Kier molecular flexibility index (Phi) is 4.38. The van der Waals surface area contributed by atoms with E-state index >= 15 is 0 Å². The molecule has 0 unspecified atom stereocenters. The normalized spacial score (nSPS) is 11.1. The molecular formula is C11H10N4O2S3. The van der Waals surface area contributed by atoms with Gasteiger partial charge in [-0.3, -0.25) is 0 Å². The van der Waals surface area contributed by atoms with Crippen molar-refractivity contribution in [2.45, 2.75) is 16.7 Å². The van der Waals surface area contributed by atoms with Crippen LogP contribution in [0.25, 0.3) is 10.8 Å². The average molecular weight is 326 g/mol. The molecule has 9 heteroatoms. The summed E-state index contributed by atoms with van der Waals surface area (Å²) in [4.78, 5) is 0.966. The van der Waals surface area contributed by atoms with Crippen LogP contribution >= 0.6 is 34.9 Å². The summed E-state index contributed by atoms with van der Waals surface area (Å²) < 4.78 is 11.0. The Morgan fingerprint density at radius 3 is 2.75 bits per heavy atom. The second kappa shape index (κ2) is 6.42. The van der Waals surface area contributed by atoms with E-state index in [2.05, 4.69) is 20.4 Å². The van der Waals surface area contributed by atoms with Crippen LogP contribution in [0.4, 0.5) is 0 Å². The number of thioether (sulfide) groups is 2. The highest BCUT2D eigenvalue weighted by Gasteiger charge is 2.12. The first-order chi connectivity index (χ1) is 9.85. The molecule has 6 nitrogen and oxygen atoms in total. The fourth-order valence-electron chi connectivity index (χ4n) is 1.41. The molecule has 0 aliphatic heterocycles. The average Bonchev–Trinajstić information content (AvgIpc) is 3.18. The molecule has 0 atom stereocenters. The van der Waals surface area contributed by atoms with Gasteiger partial charge in [-0.15, -0.1) is 31.7 Å². The van der Waals surface area contributed by atoms with Crippen molar-refractivity contribution >= 4 is 34.9 Å². The first-order valence-electron chi connectivity index (χ1n) is 5.65. The highest BCUT2D eigenvalue weighted by atomic mass is 32.2. The summed E-state index contributed by atoms with van der Waals surface area (Å²) in [5.74, 6) is 2.95. The molecule has 0 N–H and O–H groups in total. The lowest BCUT2D eigenvalue weighted by Crippen LogP contribution is -1.80. The molecular weight excluding hydrogens is 316 g/mol. The van der Waals surface area contributed by atoms with Gasteiger partial charge in [-0.05, 0) is 17.7 Å². The van der Waals surface area contributed by atoms with Gasteiger partial charge in [0, 0.05) is 0 Å². The van der Waals surface area contributed by atoms with Crippen molar-refractivity contribution in [3.8, 4) is 10.8 Å². The Hall–Kier alpha value is -1.32. The Morgan fingerprint density at radius 2 is 1.95 bits per heavy atom. The van der Waals surface area contributed by atoms with Gasteiger partial charge in [-0.1, -0.05) is 17.8 Å². The van der Waals surface area contributed by atoms with Crippen molar-refractivity contribution in [1.29, 1.82) is 0 Å². The zero-order chi connectivity index (χ0) is 13.8. The van der Waals surface area contributed by atoms with Gasteiger partial charge in [0.1, 0.15) is 0 Å². The Bertz CT molecular complexity index is 665. The van der Waals surface area contributed by atoms with E-state index in [1.807, 2.05) is 23.8 Å². The van der Waals surface area contributed by atoms with E-state index in [1.165, 1.54) is 11.8 Å². The molecule has 104 valence electrons. The zero-order valence-electron chi connectivity index (χ0n) is 10.5. The summed E-state index contributed by atoms with van der Waals surface area (Å²) >= 11 is 4.59. The standard InChI is InChI=1S/C11H10N4O2S3/c1-18-5-8-13-15-11(17-8)20-6-9-12-14-10(16-9)7-3-2-4-19-7/h2-4H,5-6H2,1H3. The van der Waals surface area contributed by atoms with Crippen LogP contribution in [0.2, 0.25) is 0 Å². The highest BCUT2D eigenvalue weighted by Crippen LogP contribution is 2.26. The van der Waals surface area contributed by atoms with Crippen molar-refractivity contribution in [2.75, 3.05) is 6.26 Å². The highest BCUT2D eigenvalue weighted by molar-refractivity contribution is 7.98. The molecule has 0 saturated heterocycles. The minimum Gasteiger partial charge on any atom is -0.419 e. The molecule has 20 heavy (non-hydrogen) atoms. The van der Waals surface area contributed by atoms with E-state index in [1.54, 1.807) is 23.1 Å².